The third kappa shape index (κ3) is 5.58. The van der Waals surface area contributed by atoms with Gasteiger partial charge in [0.1, 0.15) is 23.1 Å². The summed E-state index contributed by atoms with van der Waals surface area (Å²) in [6.07, 6.45) is 2.37. The van der Waals surface area contributed by atoms with Crippen LogP contribution in [0.5, 0.6) is 11.5 Å². The monoisotopic (exact) mass is 399 g/mol. The summed E-state index contributed by atoms with van der Waals surface area (Å²) in [7, 11) is 9.49. The normalized spacial score (nSPS) is 16.7. The van der Waals surface area contributed by atoms with Gasteiger partial charge >= 0.3 is 0 Å². The number of piperidine rings is 1. The van der Waals surface area contributed by atoms with Crippen molar-refractivity contribution in [1.29, 1.82) is 0 Å². The number of benzene rings is 1. The number of anilines is 1. The largest absolute Gasteiger partial charge is 0.497 e. The molecule has 7 nitrogen and oxygen atoms in total. The third-order valence-electron chi connectivity index (χ3n) is 5.30. The Hall–Kier alpha value is -2.38. The van der Waals surface area contributed by atoms with E-state index in [1.165, 1.54) is 12.8 Å². The molecule has 0 unspecified atom stereocenters. The lowest BCUT2D eigenvalue weighted by molar-refractivity contribution is 0.301. The van der Waals surface area contributed by atoms with Crippen molar-refractivity contribution in [2.24, 2.45) is 0 Å². The van der Waals surface area contributed by atoms with Gasteiger partial charge in [-0.05, 0) is 32.5 Å². The molecule has 1 atom stereocenters. The molecule has 0 radical (unpaired) electrons. The second-order valence-corrected chi connectivity index (χ2v) is 7.86. The number of methoxy groups -OCH3 is 2. The van der Waals surface area contributed by atoms with Crippen LogP contribution in [0.25, 0.3) is 0 Å². The number of ether oxygens (including phenoxy) is 2. The minimum absolute atomic E-state index is 0.455. The SMILES string of the molecule is COc1ccc(CN(C)Cc2nc([C@@H]3CCCNC3)cc(N(C)C)n2)c(OC)c1. The first kappa shape index (κ1) is 21.3. The third-order valence-corrected chi connectivity index (χ3v) is 5.30. The van der Waals surface area contributed by atoms with E-state index in [0.29, 0.717) is 12.5 Å². The van der Waals surface area contributed by atoms with Crippen molar-refractivity contribution in [2.75, 3.05) is 53.4 Å². The molecule has 7 heteroatoms. The summed E-state index contributed by atoms with van der Waals surface area (Å²) in [6, 6.07) is 8.06. The maximum atomic E-state index is 5.54. The summed E-state index contributed by atoms with van der Waals surface area (Å²) in [5.41, 5.74) is 2.25. The minimum Gasteiger partial charge on any atom is -0.497 e. The van der Waals surface area contributed by atoms with Crippen molar-refractivity contribution in [3.8, 4) is 11.5 Å². The van der Waals surface area contributed by atoms with Crippen LogP contribution in [0, 0.1) is 0 Å². The van der Waals surface area contributed by atoms with Crippen LogP contribution in [0.15, 0.2) is 24.3 Å². The van der Waals surface area contributed by atoms with Crippen LogP contribution in [-0.2, 0) is 13.1 Å². The fourth-order valence-electron chi connectivity index (χ4n) is 3.69. The highest BCUT2D eigenvalue weighted by Gasteiger charge is 2.19. The molecule has 1 fully saturated rings. The lowest BCUT2D eigenvalue weighted by atomic mass is 9.96. The van der Waals surface area contributed by atoms with Crippen molar-refractivity contribution in [3.63, 3.8) is 0 Å². The first-order valence-electron chi connectivity index (χ1n) is 10.2. The zero-order valence-corrected chi connectivity index (χ0v) is 18.2. The van der Waals surface area contributed by atoms with E-state index in [9.17, 15) is 0 Å². The first-order valence-corrected chi connectivity index (χ1v) is 10.2. The summed E-state index contributed by atoms with van der Waals surface area (Å²) in [4.78, 5) is 14.0. The topological polar surface area (TPSA) is 62.8 Å². The minimum atomic E-state index is 0.455. The van der Waals surface area contributed by atoms with Crippen molar-refractivity contribution < 1.29 is 9.47 Å². The molecule has 1 aromatic carbocycles. The Labute approximate surface area is 174 Å². The van der Waals surface area contributed by atoms with Crippen molar-refractivity contribution in [2.45, 2.75) is 31.8 Å². The average molecular weight is 400 g/mol. The quantitative estimate of drug-likeness (QED) is 0.732. The van der Waals surface area contributed by atoms with Crippen LogP contribution >= 0.6 is 0 Å². The maximum absolute atomic E-state index is 5.54. The molecule has 29 heavy (non-hydrogen) atoms. The van der Waals surface area contributed by atoms with Gasteiger partial charge in [-0.15, -0.1) is 0 Å². The van der Waals surface area contributed by atoms with Gasteiger partial charge in [-0.3, -0.25) is 4.90 Å². The second kappa shape index (κ2) is 9.89. The summed E-state index contributed by atoms with van der Waals surface area (Å²) in [5, 5.41) is 3.49. The highest BCUT2D eigenvalue weighted by Crippen LogP contribution is 2.27. The average Bonchev–Trinajstić information content (AvgIpc) is 2.74. The zero-order valence-electron chi connectivity index (χ0n) is 18.2. The van der Waals surface area contributed by atoms with E-state index in [1.807, 2.05) is 32.3 Å². The summed E-state index contributed by atoms with van der Waals surface area (Å²) in [5.74, 6) is 3.89. The summed E-state index contributed by atoms with van der Waals surface area (Å²) < 4.78 is 10.8. The van der Waals surface area contributed by atoms with Gasteiger partial charge in [0.15, 0.2) is 0 Å². The molecule has 0 saturated carbocycles. The van der Waals surface area contributed by atoms with Crippen molar-refractivity contribution in [3.05, 3.63) is 41.3 Å². The van der Waals surface area contributed by atoms with Crippen molar-refractivity contribution >= 4 is 5.82 Å². The van der Waals surface area contributed by atoms with Crippen LogP contribution in [0.4, 0.5) is 5.82 Å². The number of rotatable bonds is 8. The molecule has 0 bridgehead atoms. The van der Waals surface area contributed by atoms with Gasteiger partial charge in [0.2, 0.25) is 0 Å². The Morgan fingerprint density at radius 1 is 1.07 bits per heavy atom. The molecule has 1 aromatic heterocycles. The number of nitrogens with one attached hydrogen (secondary N) is 1. The Bertz CT molecular complexity index is 806. The molecule has 0 spiro atoms. The number of nitrogens with zero attached hydrogens (tertiary/aromatic N) is 4. The van der Waals surface area contributed by atoms with E-state index in [-0.39, 0.29) is 0 Å². The molecule has 1 aliphatic heterocycles. The summed E-state index contributed by atoms with van der Waals surface area (Å²) in [6.45, 7) is 3.50. The van der Waals surface area contributed by atoms with Gasteiger partial charge in [-0.25, -0.2) is 9.97 Å². The smallest absolute Gasteiger partial charge is 0.144 e. The second-order valence-electron chi connectivity index (χ2n) is 7.86. The van der Waals surface area contributed by atoms with Crippen LogP contribution < -0.4 is 19.7 Å². The molecule has 2 aromatic rings. The Kier molecular flexibility index (Phi) is 7.28. The molecule has 1 saturated heterocycles. The predicted molar refractivity (Wildman–Crippen MR) is 116 cm³/mol. The van der Waals surface area contributed by atoms with Gasteiger partial charge in [-0.1, -0.05) is 6.07 Å². The fraction of sp³-hybridized carbons (Fsp3) is 0.545. The number of aromatic nitrogens is 2. The van der Waals surface area contributed by atoms with E-state index in [1.54, 1.807) is 14.2 Å². The number of hydrogen-bond donors (Lipinski definition) is 1. The highest BCUT2D eigenvalue weighted by molar-refractivity contribution is 5.41. The van der Waals surface area contributed by atoms with E-state index in [4.69, 9.17) is 19.4 Å². The molecule has 2 heterocycles. The number of hydrogen-bond acceptors (Lipinski definition) is 7. The molecular weight excluding hydrogens is 366 g/mol. The van der Waals surface area contributed by atoms with Gasteiger partial charge < -0.3 is 19.7 Å². The Balaban J connectivity index is 1.77. The Morgan fingerprint density at radius 3 is 2.55 bits per heavy atom. The lowest BCUT2D eigenvalue weighted by Gasteiger charge is -2.25. The molecular formula is C22H33N5O2. The van der Waals surface area contributed by atoms with Gasteiger partial charge in [0, 0.05) is 50.8 Å². The molecule has 158 valence electrons. The van der Waals surface area contributed by atoms with E-state index in [0.717, 1.165) is 54.0 Å². The van der Waals surface area contributed by atoms with Gasteiger partial charge in [0.25, 0.3) is 0 Å². The van der Waals surface area contributed by atoms with Crippen molar-refractivity contribution in [1.82, 2.24) is 20.2 Å². The van der Waals surface area contributed by atoms with E-state index >= 15 is 0 Å². The maximum Gasteiger partial charge on any atom is 0.144 e. The van der Waals surface area contributed by atoms with Crippen LogP contribution in [0.1, 0.15) is 35.8 Å². The first-order chi connectivity index (χ1) is 14.0. The van der Waals surface area contributed by atoms with Crippen LogP contribution in [0.2, 0.25) is 0 Å². The van der Waals surface area contributed by atoms with E-state index < -0.39 is 0 Å². The fourth-order valence-corrected chi connectivity index (χ4v) is 3.69. The predicted octanol–water partition coefficient (Wildman–Crippen LogP) is 2.66. The summed E-state index contributed by atoms with van der Waals surface area (Å²) >= 11 is 0. The highest BCUT2D eigenvalue weighted by atomic mass is 16.5. The van der Waals surface area contributed by atoms with E-state index in [2.05, 4.69) is 28.2 Å². The molecule has 3 rings (SSSR count). The van der Waals surface area contributed by atoms with Crippen LogP contribution in [0.3, 0.4) is 0 Å². The standard InChI is InChI=1S/C22H33N5O2/c1-26(2)22-12-19(16-7-6-10-23-13-16)24-21(25-22)15-27(3)14-17-8-9-18(28-4)11-20(17)29-5/h8-9,11-12,16,23H,6-7,10,13-15H2,1-5H3/t16-/m1/s1. The zero-order chi connectivity index (χ0) is 20.8. The Morgan fingerprint density at radius 2 is 1.90 bits per heavy atom. The lowest BCUT2D eigenvalue weighted by Crippen LogP contribution is -2.29. The van der Waals surface area contributed by atoms with Gasteiger partial charge in [0.05, 0.1) is 26.5 Å². The molecule has 1 aliphatic rings. The van der Waals surface area contributed by atoms with Crippen LogP contribution in [-0.4, -0.2) is 63.3 Å². The molecule has 0 aliphatic carbocycles. The molecule has 1 N–H and O–H groups in total. The molecule has 0 amide bonds. The van der Waals surface area contributed by atoms with Gasteiger partial charge in [-0.2, -0.15) is 0 Å².